The third kappa shape index (κ3) is 8.22. The molecule has 2 aromatic rings. The molecule has 0 saturated carbocycles. The van der Waals surface area contributed by atoms with Gasteiger partial charge in [0.15, 0.2) is 5.96 Å². The lowest BCUT2D eigenvalue weighted by molar-refractivity contribution is 0.222. The van der Waals surface area contributed by atoms with E-state index in [9.17, 15) is 4.79 Å². The number of carbonyl (C=O) groups excluding carboxylic acids is 1. The summed E-state index contributed by atoms with van der Waals surface area (Å²) in [6.45, 7) is 6.96. The Kier molecular flexibility index (Phi) is 10.6. The van der Waals surface area contributed by atoms with Crippen molar-refractivity contribution < 1.29 is 9.53 Å². The van der Waals surface area contributed by atoms with Crippen molar-refractivity contribution in [2.45, 2.75) is 39.3 Å². The zero-order valence-corrected chi connectivity index (χ0v) is 21.4. The number of aliphatic imine (C=N–C) groups is 1. The second-order valence-electron chi connectivity index (χ2n) is 7.88. The Morgan fingerprint density at radius 2 is 1.88 bits per heavy atom. The predicted molar refractivity (Wildman–Crippen MR) is 141 cm³/mol. The van der Waals surface area contributed by atoms with Crippen LogP contribution in [0.4, 0.5) is 10.5 Å². The summed E-state index contributed by atoms with van der Waals surface area (Å²) in [6.07, 6.45) is 2.15. The van der Waals surface area contributed by atoms with E-state index in [1.807, 2.05) is 67.3 Å². The molecule has 0 bridgehead atoms. The van der Waals surface area contributed by atoms with E-state index in [1.54, 1.807) is 7.05 Å². The lowest BCUT2D eigenvalue weighted by atomic mass is 10.2. The Morgan fingerprint density at radius 3 is 2.59 bits per heavy atom. The number of carbonyl (C=O) groups is 1. The van der Waals surface area contributed by atoms with Crippen LogP contribution >= 0.6 is 24.0 Å². The molecule has 1 aliphatic rings. The number of anilines is 1. The van der Waals surface area contributed by atoms with Gasteiger partial charge >= 0.3 is 6.03 Å². The lowest BCUT2D eigenvalue weighted by Gasteiger charge is -2.18. The number of nitrogens with zero attached hydrogens (tertiary/aromatic N) is 2. The van der Waals surface area contributed by atoms with E-state index in [1.165, 1.54) is 5.56 Å². The van der Waals surface area contributed by atoms with Crippen molar-refractivity contribution in [3.8, 4) is 5.75 Å². The molecule has 1 aliphatic heterocycles. The monoisotopic (exact) mass is 551 g/mol. The normalized spacial score (nSPS) is 14.3. The van der Waals surface area contributed by atoms with E-state index >= 15 is 0 Å². The first-order valence-corrected chi connectivity index (χ1v) is 10.9. The van der Waals surface area contributed by atoms with Crippen LogP contribution in [0.25, 0.3) is 0 Å². The summed E-state index contributed by atoms with van der Waals surface area (Å²) in [7, 11) is 1.74. The molecular formula is C24H34IN5O2. The van der Waals surface area contributed by atoms with Gasteiger partial charge in [0.1, 0.15) is 11.9 Å². The van der Waals surface area contributed by atoms with Crippen molar-refractivity contribution in [3.63, 3.8) is 0 Å². The van der Waals surface area contributed by atoms with Gasteiger partial charge in [-0.3, -0.25) is 4.99 Å². The highest BCUT2D eigenvalue weighted by molar-refractivity contribution is 14.0. The van der Waals surface area contributed by atoms with Gasteiger partial charge in [0.25, 0.3) is 0 Å². The van der Waals surface area contributed by atoms with Gasteiger partial charge in [0, 0.05) is 32.4 Å². The highest BCUT2D eigenvalue weighted by Crippen LogP contribution is 2.15. The van der Waals surface area contributed by atoms with Crippen LogP contribution < -0.4 is 20.7 Å². The molecule has 1 heterocycles. The molecule has 7 nitrogen and oxygen atoms in total. The third-order valence-electron chi connectivity index (χ3n) is 5.14. The fraction of sp³-hybridized carbons (Fsp3) is 0.417. The fourth-order valence-corrected chi connectivity index (χ4v) is 3.49. The Bertz CT molecular complexity index is 899. The van der Waals surface area contributed by atoms with Crippen LogP contribution in [-0.4, -0.2) is 49.7 Å². The van der Waals surface area contributed by atoms with Crippen molar-refractivity contribution in [2.75, 3.05) is 32.0 Å². The molecule has 2 amide bonds. The third-order valence-corrected chi connectivity index (χ3v) is 5.14. The van der Waals surface area contributed by atoms with E-state index in [4.69, 9.17) is 4.74 Å². The molecule has 0 aromatic heterocycles. The number of benzene rings is 2. The van der Waals surface area contributed by atoms with Gasteiger partial charge < -0.3 is 25.6 Å². The maximum atomic E-state index is 12.3. The first-order valence-electron chi connectivity index (χ1n) is 10.9. The van der Waals surface area contributed by atoms with Gasteiger partial charge in [-0.1, -0.05) is 24.3 Å². The topological polar surface area (TPSA) is 78.0 Å². The van der Waals surface area contributed by atoms with Crippen LogP contribution in [0.15, 0.2) is 53.5 Å². The van der Waals surface area contributed by atoms with E-state index in [0.717, 1.165) is 42.9 Å². The van der Waals surface area contributed by atoms with E-state index in [0.29, 0.717) is 19.0 Å². The van der Waals surface area contributed by atoms with Crippen molar-refractivity contribution >= 4 is 41.7 Å². The van der Waals surface area contributed by atoms with Crippen LogP contribution in [0, 0.1) is 6.92 Å². The molecule has 2 aromatic carbocycles. The van der Waals surface area contributed by atoms with Crippen molar-refractivity contribution in [1.82, 2.24) is 15.5 Å². The second kappa shape index (κ2) is 13.1. The van der Waals surface area contributed by atoms with Crippen LogP contribution in [0.2, 0.25) is 0 Å². The van der Waals surface area contributed by atoms with Gasteiger partial charge in [-0.25, -0.2) is 4.79 Å². The van der Waals surface area contributed by atoms with Gasteiger partial charge in [-0.15, -0.1) is 24.0 Å². The van der Waals surface area contributed by atoms with E-state index in [2.05, 4.69) is 20.9 Å². The van der Waals surface area contributed by atoms with Gasteiger partial charge in [0.05, 0.1) is 6.54 Å². The standard InChI is InChI=1S/C24H33N5O2.HI/c1-18-8-6-11-22(14-18)31-19(2)16-26-23(25-3)27-17-20-9-7-10-21(15-20)28-24(30)29-12-4-5-13-29;/h6-11,14-15,19H,4-5,12-13,16-17H2,1-3H3,(H,28,30)(H2,25,26,27);1H. The maximum Gasteiger partial charge on any atom is 0.321 e. The van der Waals surface area contributed by atoms with Crippen LogP contribution in [0.5, 0.6) is 5.75 Å². The van der Waals surface area contributed by atoms with Crippen LogP contribution in [-0.2, 0) is 6.54 Å². The minimum absolute atomic E-state index is 0. The number of aryl methyl sites for hydroxylation is 1. The number of amides is 2. The molecule has 1 saturated heterocycles. The first kappa shape index (κ1) is 25.8. The number of hydrogen-bond donors (Lipinski definition) is 3. The summed E-state index contributed by atoms with van der Waals surface area (Å²) in [5.74, 6) is 1.57. The number of guanidine groups is 1. The fourth-order valence-electron chi connectivity index (χ4n) is 3.49. The minimum Gasteiger partial charge on any atom is -0.489 e. The zero-order chi connectivity index (χ0) is 22.1. The summed E-state index contributed by atoms with van der Waals surface area (Å²) in [5.41, 5.74) is 3.04. The van der Waals surface area contributed by atoms with Gasteiger partial charge in [-0.2, -0.15) is 0 Å². The summed E-state index contributed by atoms with van der Waals surface area (Å²) in [6, 6.07) is 15.9. The summed E-state index contributed by atoms with van der Waals surface area (Å²) >= 11 is 0. The Morgan fingerprint density at radius 1 is 1.12 bits per heavy atom. The number of rotatable bonds is 7. The van der Waals surface area contributed by atoms with E-state index < -0.39 is 0 Å². The predicted octanol–water partition coefficient (Wildman–Crippen LogP) is 4.37. The highest BCUT2D eigenvalue weighted by Gasteiger charge is 2.17. The molecular weight excluding hydrogens is 517 g/mol. The highest BCUT2D eigenvalue weighted by atomic mass is 127. The molecule has 1 atom stereocenters. The van der Waals surface area contributed by atoms with Crippen molar-refractivity contribution in [1.29, 1.82) is 0 Å². The SMILES string of the molecule is CN=C(NCc1cccc(NC(=O)N2CCCC2)c1)NCC(C)Oc1cccc(C)c1.I. The molecule has 174 valence electrons. The molecule has 0 aliphatic carbocycles. The number of nitrogens with one attached hydrogen (secondary N) is 3. The quantitative estimate of drug-likeness (QED) is 0.271. The minimum atomic E-state index is -0.0253. The van der Waals surface area contributed by atoms with Gasteiger partial charge in [-0.05, 0) is 62.1 Å². The molecule has 8 heteroatoms. The van der Waals surface area contributed by atoms with Crippen LogP contribution in [0.1, 0.15) is 30.9 Å². The van der Waals surface area contributed by atoms with Crippen molar-refractivity contribution in [2.24, 2.45) is 4.99 Å². The lowest BCUT2D eigenvalue weighted by Crippen LogP contribution is -2.41. The number of likely N-dealkylation sites (tertiary alicyclic amines) is 1. The summed E-state index contributed by atoms with van der Waals surface area (Å²) in [5, 5.41) is 9.60. The van der Waals surface area contributed by atoms with Crippen molar-refractivity contribution in [3.05, 3.63) is 59.7 Å². The average Bonchev–Trinajstić information content (AvgIpc) is 3.29. The maximum absolute atomic E-state index is 12.3. The Balaban J connectivity index is 0.00000363. The summed E-state index contributed by atoms with van der Waals surface area (Å²) < 4.78 is 5.96. The largest absolute Gasteiger partial charge is 0.489 e. The molecule has 3 N–H and O–H groups in total. The number of ether oxygens (including phenoxy) is 1. The number of halogens is 1. The molecule has 0 radical (unpaired) electrons. The first-order chi connectivity index (χ1) is 15.0. The molecule has 0 spiro atoms. The molecule has 1 fully saturated rings. The Hall–Kier alpha value is -2.49. The number of hydrogen-bond acceptors (Lipinski definition) is 3. The summed E-state index contributed by atoms with van der Waals surface area (Å²) in [4.78, 5) is 18.4. The Labute approximate surface area is 208 Å². The number of urea groups is 1. The average molecular weight is 551 g/mol. The van der Waals surface area contributed by atoms with E-state index in [-0.39, 0.29) is 36.1 Å². The molecule has 3 rings (SSSR count). The molecule has 1 unspecified atom stereocenters. The smallest absolute Gasteiger partial charge is 0.321 e. The van der Waals surface area contributed by atoms with Crippen LogP contribution in [0.3, 0.4) is 0 Å². The van der Waals surface area contributed by atoms with Gasteiger partial charge in [0.2, 0.25) is 0 Å². The molecule has 32 heavy (non-hydrogen) atoms. The zero-order valence-electron chi connectivity index (χ0n) is 19.1. The second-order valence-corrected chi connectivity index (χ2v) is 7.88.